The van der Waals surface area contributed by atoms with Crippen molar-refractivity contribution in [3.8, 4) is 0 Å². The molecule has 0 saturated heterocycles. The minimum Gasteiger partial charge on any atom is -0.309 e. The first-order valence-electron chi connectivity index (χ1n) is 11.6. The lowest BCUT2D eigenvalue weighted by molar-refractivity contribution is -0.108. The molecule has 0 aliphatic carbocycles. The van der Waals surface area contributed by atoms with Gasteiger partial charge in [-0.15, -0.1) is 0 Å². The number of allylic oxidation sites excluding steroid dienone is 1. The number of aromatic nitrogens is 1. The third kappa shape index (κ3) is 6.79. The molecule has 1 aliphatic rings. The zero-order valence-corrected chi connectivity index (χ0v) is 18.0. The third-order valence-electron chi connectivity index (χ3n) is 5.96. The average molecular weight is 383 g/mol. The van der Waals surface area contributed by atoms with Gasteiger partial charge in [-0.25, -0.2) is 0 Å². The van der Waals surface area contributed by atoms with E-state index in [4.69, 9.17) is 0 Å². The fourth-order valence-electron chi connectivity index (χ4n) is 4.23. The van der Waals surface area contributed by atoms with Crippen molar-refractivity contribution in [2.75, 3.05) is 0 Å². The smallest absolute Gasteiger partial charge is 0.264 e. The molecule has 3 nitrogen and oxygen atoms in total. The summed E-state index contributed by atoms with van der Waals surface area (Å²) < 4.78 is 1.90. The largest absolute Gasteiger partial charge is 0.309 e. The van der Waals surface area contributed by atoms with Gasteiger partial charge in [0.25, 0.3) is 12.3 Å². The highest BCUT2D eigenvalue weighted by atomic mass is 16.1. The zero-order chi connectivity index (χ0) is 20.2. The van der Waals surface area contributed by atoms with Crippen LogP contribution in [0.25, 0.3) is 6.08 Å². The van der Waals surface area contributed by atoms with Crippen LogP contribution in [-0.2, 0) is 11.3 Å². The van der Waals surface area contributed by atoms with Crippen LogP contribution in [0.5, 0.6) is 0 Å². The van der Waals surface area contributed by atoms with Crippen molar-refractivity contribution in [2.45, 2.75) is 104 Å². The summed E-state index contributed by atoms with van der Waals surface area (Å²) in [6, 6.07) is 3.56. The van der Waals surface area contributed by atoms with Crippen molar-refractivity contribution < 1.29 is 4.79 Å². The first-order chi connectivity index (χ1) is 13.7. The number of pyridine rings is 1. The fourth-order valence-corrected chi connectivity index (χ4v) is 4.23. The second-order valence-electron chi connectivity index (χ2n) is 8.28. The lowest BCUT2D eigenvalue weighted by Crippen LogP contribution is -2.45. The first-order valence-corrected chi connectivity index (χ1v) is 11.6. The molecule has 0 saturated carbocycles. The van der Waals surface area contributed by atoms with E-state index in [1.54, 1.807) is 12.1 Å². The Morgan fingerprint density at radius 3 is 2.04 bits per heavy atom. The van der Waals surface area contributed by atoms with Crippen LogP contribution in [0.4, 0.5) is 0 Å². The Morgan fingerprint density at radius 2 is 1.36 bits per heavy atom. The SMILES string of the molecule is CCCCCCCCB1C(=O)C=Cc2c1ccc(=O)n2CCCCCCCC. The van der Waals surface area contributed by atoms with Crippen LogP contribution in [0.2, 0.25) is 6.32 Å². The topological polar surface area (TPSA) is 39.1 Å². The molecule has 2 heterocycles. The Labute approximate surface area is 171 Å². The molecule has 0 N–H and O–H groups in total. The molecule has 1 aromatic heterocycles. The van der Waals surface area contributed by atoms with Gasteiger partial charge in [-0.3, -0.25) is 4.79 Å². The highest BCUT2D eigenvalue weighted by Crippen LogP contribution is 2.15. The van der Waals surface area contributed by atoms with E-state index in [1.807, 2.05) is 16.7 Å². The maximum absolute atomic E-state index is 12.5. The number of unbranched alkanes of at least 4 members (excludes halogenated alkanes) is 10. The summed E-state index contributed by atoms with van der Waals surface area (Å²) in [7, 11) is 0. The molecule has 2 rings (SSSR count). The van der Waals surface area contributed by atoms with Crippen molar-refractivity contribution in [3.63, 3.8) is 0 Å². The Morgan fingerprint density at radius 1 is 0.750 bits per heavy atom. The highest BCUT2D eigenvalue weighted by Gasteiger charge is 2.29. The van der Waals surface area contributed by atoms with Gasteiger partial charge in [0.1, 0.15) is 5.68 Å². The molecule has 0 radical (unpaired) electrons. The normalized spacial score (nSPS) is 13.2. The molecule has 0 amide bonds. The van der Waals surface area contributed by atoms with Gasteiger partial charge in [0.2, 0.25) is 0 Å². The molecular formula is C24H38BNO2. The molecular weight excluding hydrogens is 345 g/mol. The van der Waals surface area contributed by atoms with Gasteiger partial charge in [0, 0.05) is 18.3 Å². The van der Waals surface area contributed by atoms with Crippen LogP contribution in [0.1, 0.15) is 96.6 Å². The van der Waals surface area contributed by atoms with Crippen molar-refractivity contribution in [2.24, 2.45) is 0 Å². The van der Waals surface area contributed by atoms with Crippen molar-refractivity contribution in [3.05, 3.63) is 34.3 Å². The van der Waals surface area contributed by atoms with Gasteiger partial charge < -0.3 is 9.36 Å². The summed E-state index contributed by atoms with van der Waals surface area (Å²) in [4.78, 5) is 25.0. The van der Waals surface area contributed by atoms with Crippen LogP contribution in [-0.4, -0.2) is 17.0 Å². The van der Waals surface area contributed by atoms with Crippen molar-refractivity contribution in [1.82, 2.24) is 4.57 Å². The number of hydrogen-bond donors (Lipinski definition) is 0. The maximum atomic E-state index is 12.5. The number of hydrogen-bond acceptors (Lipinski definition) is 2. The third-order valence-corrected chi connectivity index (χ3v) is 5.96. The Balaban J connectivity index is 1.97. The summed E-state index contributed by atoms with van der Waals surface area (Å²) in [5.74, 6) is 0. The Kier molecular flexibility index (Phi) is 10.4. The van der Waals surface area contributed by atoms with E-state index in [2.05, 4.69) is 13.8 Å². The molecule has 0 fully saturated rings. The van der Waals surface area contributed by atoms with E-state index in [0.717, 1.165) is 36.9 Å². The van der Waals surface area contributed by atoms with Crippen molar-refractivity contribution >= 4 is 23.9 Å². The van der Waals surface area contributed by atoms with Gasteiger partial charge in [0.15, 0.2) is 0 Å². The Bertz CT molecular complexity index is 692. The number of nitrogens with zero attached hydrogens (tertiary/aromatic N) is 1. The van der Waals surface area contributed by atoms with Crippen LogP contribution in [0.15, 0.2) is 23.0 Å². The molecule has 0 aromatic carbocycles. The molecule has 154 valence electrons. The van der Waals surface area contributed by atoms with Crippen LogP contribution in [0.3, 0.4) is 0 Å². The number of fused-ring (bicyclic) bond motifs is 1. The van der Waals surface area contributed by atoms with Crippen molar-refractivity contribution in [1.29, 1.82) is 0 Å². The molecule has 4 heteroatoms. The van der Waals surface area contributed by atoms with E-state index in [1.165, 1.54) is 64.2 Å². The zero-order valence-electron chi connectivity index (χ0n) is 18.0. The van der Waals surface area contributed by atoms with E-state index in [0.29, 0.717) is 0 Å². The summed E-state index contributed by atoms with van der Waals surface area (Å²) in [6.45, 7) is 5.15. The summed E-state index contributed by atoms with van der Waals surface area (Å²) in [5.41, 5.74) is 2.29. The van der Waals surface area contributed by atoms with E-state index in [-0.39, 0.29) is 18.0 Å². The quantitative estimate of drug-likeness (QED) is 0.318. The van der Waals surface area contributed by atoms with Crippen LogP contribution in [0, 0.1) is 0 Å². The van der Waals surface area contributed by atoms with E-state index >= 15 is 0 Å². The molecule has 0 bridgehead atoms. The molecule has 0 spiro atoms. The van der Waals surface area contributed by atoms with Gasteiger partial charge >= 0.3 is 0 Å². The summed E-state index contributed by atoms with van der Waals surface area (Å²) >= 11 is 0. The first kappa shape index (κ1) is 22.7. The van der Waals surface area contributed by atoms with E-state index < -0.39 is 0 Å². The van der Waals surface area contributed by atoms with Gasteiger partial charge in [-0.05, 0) is 24.0 Å². The molecule has 28 heavy (non-hydrogen) atoms. The number of carbonyl (C=O) groups excluding carboxylic acids is 1. The maximum Gasteiger partial charge on any atom is 0.264 e. The van der Waals surface area contributed by atoms with Gasteiger partial charge in [-0.1, -0.05) is 96.9 Å². The minimum atomic E-state index is -0.0671. The lowest BCUT2D eigenvalue weighted by atomic mass is 9.37. The molecule has 0 atom stereocenters. The predicted octanol–water partition coefficient (Wildman–Crippen LogP) is 5.41. The number of carbonyl (C=O) groups is 1. The minimum absolute atomic E-state index is 0.0598. The predicted molar refractivity (Wildman–Crippen MR) is 122 cm³/mol. The van der Waals surface area contributed by atoms with Gasteiger partial charge in [0.05, 0.1) is 0 Å². The standard InChI is InChI=1S/C24H38BNO2/c1-3-5-7-9-11-13-19-25-21-15-18-24(28)26(22(21)16-17-23(25)27)20-14-12-10-8-6-4-2/h15-18H,3-14,19-20H2,1-2H3. The lowest BCUT2D eigenvalue weighted by Gasteiger charge is -2.21. The second-order valence-corrected chi connectivity index (χ2v) is 8.28. The monoisotopic (exact) mass is 383 g/mol. The summed E-state index contributed by atoms with van der Waals surface area (Å²) in [6.07, 6.45) is 19.1. The van der Waals surface area contributed by atoms with Crippen LogP contribution >= 0.6 is 0 Å². The number of rotatable bonds is 14. The molecule has 1 aromatic rings. The molecule has 0 unspecified atom stereocenters. The van der Waals surface area contributed by atoms with Crippen LogP contribution < -0.4 is 11.0 Å². The fraction of sp³-hybridized carbons (Fsp3) is 0.667. The van der Waals surface area contributed by atoms with E-state index in [9.17, 15) is 9.59 Å². The summed E-state index contributed by atoms with van der Waals surface area (Å²) in [5, 5.41) is 0. The average Bonchev–Trinajstić information content (AvgIpc) is 2.70. The van der Waals surface area contributed by atoms with Gasteiger partial charge in [-0.2, -0.15) is 0 Å². The second kappa shape index (κ2) is 12.8. The highest BCUT2D eigenvalue weighted by molar-refractivity contribution is 7.02. The molecule has 1 aliphatic heterocycles. The Hall–Kier alpha value is -1.58.